The third kappa shape index (κ3) is 4.57. The van der Waals surface area contributed by atoms with Crippen molar-refractivity contribution in [2.24, 2.45) is 0 Å². The Morgan fingerprint density at radius 2 is 2.05 bits per heavy atom. The van der Waals surface area contributed by atoms with Crippen molar-refractivity contribution >= 4 is 11.8 Å². The van der Waals surface area contributed by atoms with Crippen molar-refractivity contribution < 1.29 is 18.7 Å². The molecule has 0 aliphatic carbocycles. The van der Waals surface area contributed by atoms with Crippen LogP contribution in [0.5, 0.6) is 5.75 Å². The van der Waals surface area contributed by atoms with Gasteiger partial charge in [0.2, 0.25) is 5.91 Å². The first-order valence-corrected chi connectivity index (χ1v) is 5.97. The van der Waals surface area contributed by atoms with Gasteiger partial charge < -0.3 is 15.4 Å². The SMILES string of the molecule is CCNC(=O)CCNC(=O)c1ccc(OC)cc1F. The van der Waals surface area contributed by atoms with Crippen LogP contribution in [0.1, 0.15) is 23.7 Å². The summed E-state index contributed by atoms with van der Waals surface area (Å²) in [5.41, 5.74) is -0.0725. The third-order valence-corrected chi connectivity index (χ3v) is 2.43. The number of nitrogens with one attached hydrogen (secondary N) is 2. The lowest BCUT2D eigenvalue weighted by molar-refractivity contribution is -0.120. The van der Waals surface area contributed by atoms with Gasteiger partial charge in [0.1, 0.15) is 11.6 Å². The molecule has 0 unspecified atom stereocenters. The minimum Gasteiger partial charge on any atom is -0.497 e. The van der Waals surface area contributed by atoms with E-state index in [0.717, 1.165) is 6.07 Å². The van der Waals surface area contributed by atoms with Crippen molar-refractivity contribution in [3.05, 3.63) is 29.6 Å². The average molecular weight is 268 g/mol. The Morgan fingerprint density at radius 1 is 1.32 bits per heavy atom. The highest BCUT2D eigenvalue weighted by Gasteiger charge is 2.12. The summed E-state index contributed by atoms with van der Waals surface area (Å²) in [5.74, 6) is -1.02. The molecular weight excluding hydrogens is 251 g/mol. The van der Waals surface area contributed by atoms with Crippen molar-refractivity contribution in [1.29, 1.82) is 0 Å². The van der Waals surface area contributed by atoms with Gasteiger partial charge in [0.05, 0.1) is 12.7 Å². The fraction of sp³-hybridized carbons (Fsp3) is 0.385. The predicted octanol–water partition coefficient (Wildman–Crippen LogP) is 1.09. The Balaban J connectivity index is 2.52. The first-order chi connectivity index (χ1) is 9.08. The molecule has 0 saturated heterocycles. The van der Waals surface area contributed by atoms with E-state index in [1.807, 2.05) is 6.92 Å². The maximum Gasteiger partial charge on any atom is 0.254 e. The maximum atomic E-state index is 13.6. The Labute approximate surface area is 111 Å². The Kier molecular flexibility index (Phi) is 5.78. The second kappa shape index (κ2) is 7.35. The van der Waals surface area contributed by atoms with Gasteiger partial charge in [0, 0.05) is 25.6 Å². The fourth-order valence-electron chi connectivity index (χ4n) is 1.48. The van der Waals surface area contributed by atoms with Crippen molar-refractivity contribution in [1.82, 2.24) is 10.6 Å². The van der Waals surface area contributed by atoms with Gasteiger partial charge in [-0.15, -0.1) is 0 Å². The van der Waals surface area contributed by atoms with E-state index in [0.29, 0.717) is 12.3 Å². The molecule has 0 aliphatic heterocycles. The van der Waals surface area contributed by atoms with Crippen LogP contribution in [-0.4, -0.2) is 32.0 Å². The first kappa shape index (κ1) is 14.9. The molecule has 1 rings (SSSR count). The average Bonchev–Trinajstić information content (AvgIpc) is 2.38. The van der Waals surface area contributed by atoms with Crippen LogP contribution in [0.4, 0.5) is 4.39 Å². The molecule has 0 spiro atoms. The second-order valence-electron chi connectivity index (χ2n) is 3.81. The van der Waals surface area contributed by atoms with E-state index < -0.39 is 11.7 Å². The molecule has 0 fully saturated rings. The zero-order valence-corrected chi connectivity index (χ0v) is 11.0. The number of carbonyl (C=O) groups excluding carboxylic acids is 2. The zero-order chi connectivity index (χ0) is 14.3. The molecule has 0 radical (unpaired) electrons. The molecule has 19 heavy (non-hydrogen) atoms. The van der Waals surface area contributed by atoms with Crippen LogP contribution in [0.15, 0.2) is 18.2 Å². The van der Waals surface area contributed by atoms with Gasteiger partial charge in [-0.05, 0) is 19.1 Å². The second-order valence-corrected chi connectivity index (χ2v) is 3.81. The van der Waals surface area contributed by atoms with E-state index in [9.17, 15) is 14.0 Å². The topological polar surface area (TPSA) is 67.4 Å². The van der Waals surface area contributed by atoms with Crippen LogP contribution in [0.3, 0.4) is 0 Å². The normalized spacial score (nSPS) is 9.84. The molecule has 6 heteroatoms. The number of hydrogen-bond donors (Lipinski definition) is 2. The van der Waals surface area contributed by atoms with Gasteiger partial charge >= 0.3 is 0 Å². The molecule has 0 aliphatic rings. The number of benzene rings is 1. The van der Waals surface area contributed by atoms with Crippen LogP contribution in [-0.2, 0) is 4.79 Å². The van der Waals surface area contributed by atoms with Crippen LogP contribution < -0.4 is 15.4 Å². The molecule has 0 heterocycles. The molecule has 104 valence electrons. The zero-order valence-electron chi connectivity index (χ0n) is 11.0. The van der Waals surface area contributed by atoms with Gasteiger partial charge in [0.15, 0.2) is 0 Å². The van der Waals surface area contributed by atoms with Gasteiger partial charge in [-0.3, -0.25) is 9.59 Å². The maximum absolute atomic E-state index is 13.6. The number of ether oxygens (including phenoxy) is 1. The Hall–Kier alpha value is -2.11. The van der Waals surface area contributed by atoms with Crippen LogP contribution in [0.25, 0.3) is 0 Å². The van der Waals surface area contributed by atoms with E-state index in [2.05, 4.69) is 10.6 Å². The Bertz CT molecular complexity index is 463. The van der Waals surface area contributed by atoms with Crippen LogP contribution >= 0.6 is 0 Å². The lowest BCUT2D eigenvalue weighted by atomic mass is 10.2. The molecular formula is C13H17FN2O3. The standard InChI is InChI=1S/C13H17FN2O3/c1-3-15-12(17)6-7-16-13(18)10-5-4-9(19-2)8-11(10)14/h4-5,8H,3,6-7H2,1-2H3,(H,15,17)(H,16,18). The van der Waals surface area contributed by atoms with Crippen molar-refractivity contribution in [3.8, 4) is 5.75 Å². The lowest BCUT2D eigenvalue weighted by Crippen LogP contribution is -2.31. The van der Waals surface area contributed by atoms with E-state index in [-0.39, 0.29) is 24.4 Å². The summed E-state index contributed by atoms with van der Waals surface area (Å²) in [7, 11) is 1.42. The molecule has 0 atom stereocenters. The van der Waals surface area contributed by atoms with Crippen molar-refractivity contribution in [2.45, 2.75) is 13.3 Å². The number of hydrogen-bond acceptors (Lipinski definition) is 3. The first-order valence-electron chi connectivity index (χ1n) is 5.97. The van der Waals surface area contributed by atoms with Crippen LogP contribution in [0.2, 0.25) is 0 Å². The van der Waals surface area contributed by atoms with E-state index in [1.54, 1.807) is 0 Å². The van der Waals surface area contributed by atoms with Gasteiger partial charge in [-0.25, -0.2) is 4.39 Å². The molecule has 1 aromatic rings. The van der Waals surface area contributed by atoms with Crippen molar-refractivity contribution in [2.75, 3.05) is 20.2 Å². The molecule has 0 bridgehead atoms. The Morgan fingerprint density at radius 3 is 2.63 bits per heavy atom. The number of carbonyl (C=O) groups is 2. The highest BCUT2D eigenvalue weighted by molar-refractivity contribution is 5.94. The molecule has 2 amide bonds. The summed E-state index contributed by atoms with van der Waals surface area (Å²) < 4.78 is 18.4. The minimum atomic E-state index is -0.658. The molecule has 5 nitrogen and oxygen atoms in total. The van der Waals surface area contributed by atoms with Gasteiger partial charge in [-0.1, -0.05) is 0 Å². The molecule has 0 saturated carbocycles. The smallest absolute Gasteiger partial charge is 0.254 e. The third-order valence-electron chi connectivity index (χ3n) is 2.43. The van der Waals surface area contributed by atoms with Gasteiger partial charge in [0.25, 0.3) is 5.91 Å². The van der Waals surface area contributed by atoms with E-state index in [4.69, 9.17) is 4.74 Å². The minimum absolute atomic E-state index is 0.0725. The molecule has 2 N–H and O–H groups in total. The van der Waals surface area contributed by atoms with E-state index >= 15 is 0 Å². The molecule has 1 aromatic carbocycles. The number of halogens is 1. The highest BCUT2D eigenvalue weighted by Crippen LogP contribution is 2.15. The summed E-state index contributed by atoms with van der Waals surface area (Å²) in [5, 5.41) is 5.09. The predicted molar refractivity (Wildman–Crippen MR) is 68.6 cm³/mol. The molecule has 0 aromatic heterocycles. The number of rotatable bonds is 6. The van der Waals surface area contributed by atoms with Gasteiger partial charge in [-0.2, -0.15) is 0 Å². The number of methoxy groups -OCH3 is 1. The van der Waals surface area contributed by atoms with Crippen molar-refractivity contribution in [3.63, 3.8) is 0 Å². The summed E-state index contributed by atoms with van der Waals surface area (Å²) in [6.45, 7) is 2.51. The summed E-state index contributed by atoms with van der Waals surface area (Å²) in [4.78, 5) is 22.8. The van der Waals surface area contributed by atoms with Crippen LogP contribution in [0, 0.1) is 5.82 Å². The largest absolute Gasteiger partial charge is 0.497 e. The lowest BCUT2D eigenvalue weighted by Gasteiger charge is -2.07. The fourth-order valence-corrected chi connectivity index (χ4v) is 1.48. The monoisotopic (exact) mass is 268 g/mol. The summed E-state index contributed by atoms with van der Waals surface area (Å²) >= 11 is 0. The quantitative estimate of drug-likeness (QED) is 0.811. The summed E-state index contributed by atoms with van der Waals surface area (Å²) in [6, 6.07) is 3.98. The van der Waals surface area contributed by atoms with E-state index in [1.165, 1.54) is 19.2 Å². The highest BCUT2D eigenvalue weighted by atomic mass is 19.1. The summed E-state index contributed by atoms with van der Waals surface area (Å²) in [6.07, 6.45) is 0.164. The number of amides is 2.